The lowest BCUT2D eigenvalue weighted by atomic mass is 10.1. The molecule has 1 amide bonds. The third-order valence-electron chi connectivity index (χ3n) is 3.36. The Balaban J connectivity index is 1.92. The predicted octanol–water partition coefficient (Wildman–Crippen LogP) is 1.46. The minimum absolute atomic E-state index is 0.0266. The molecular formula is C13H16FN3O3. The molecule has 2 rings (SSSR count). The molecule has 1 heterocycles. The maximum Gasteiger partial charge on any atom is 0.273 e. The van der Waals surface area contributed by atoms with Gasteiger partial charge < -0.3 is 10.6 Å². The Morgan fingerprint density at radius 3 is 2.95 bits per heavy atom. The van der Waals surface area contributed by atoms with E-state index in [-0.39, 0.29) is 5.56 Å². The van der Waals surface area contributed by atoms with E-state index in [0.29, 0.717) is 12.5 Å². The van der Waals surface area contributed by atoms with Crippen molar-refractivity contribution in [2.75, 3.05) is 19.6 Å². The van der Waals surface area contributed by atoms with Gasteiger partial charge in [-0.1, -0.05) is 0 Å². The first-order chi connectivity index (χ1) is 9.56. The molecule has 20 heavy (non-hydrogen) atoms. The number of halogens is 1. The van der Waals surface area contributed by atoms with Crippen LogP contribution in [0.15, 0.2) is 18.2 Å². The third kappa shape index (κ3) is 3.74. The van der Waals surface area contributed by atoms with E-state index in [1.54, 1.807) is 0 Å². The molecule has 1 aliphatic heterocycles. The molecule has 0 bridgehead atoms. The topological polar surface area (TPSA) is 84.3 Å². The van der Waals surface area contributed by atoms with Crippen molar-refractivity contribution in [3.8, 4) is 0 Å². The van der Waals surface area contributed by atoms with Gasteiger partial charge in [0.25, 0.3) is 11.6 Å². The zero-order valence-electron chi connectivity index (χ0n) is 10.9. The van der Waals surface area contributed by atoms with Gasteiger partial charge in [-0.15, -0.1) is 0 Å². The van der Waals surface area contributed by atoms with E-state index in [2.05, 4.69) is 10.6 Å². The van der Waals surface area contributed by atoms with E-state index in [4.69, 9.17) is 0 Å². The summed E-state index contributed by atoms with van der Waals surface area (Å²) in [4.78, 5) is 21.7. The summed E-state index contributed by atoms with van der Waals surface area (Å²) in [5.41, 5.74) is -0.448. The van der Waals surface area contributed by atoms with Crippen LogP contribution in [0.5, 0.6) is 0 Å². The number of non-ortho nitro benzene ring substituents is 1. The van der Waals surface area contributed by atoms with Crippen molar-refractivity contribution in [3.05, 3.63) is 39.7 Å². The molecule has 7 heteroatoms. The number of amides is 1. The first-order valence-corrected chi connectivity index (χ1v) is 6.50. The van der Waals surface area contributed by atoms with Gasteiger partial charge in [-0.2, -0.15) is 0 Å². The Morgan fingerprint density at radius 1 is 1.50 bits per heavy atom. The molecule has 0 saturated carbocycles. The van der Waals surface area contributed by atoms with Crippen LogP contribution in [-0.4, -0.2) is 30.5 Å². The summed E-state index contributed by atoms with van der Waals surface area (Å²) in [5.74, 6) is -0.736. The fourth-order valence-corrected chi connectivity index (χ4v) is 2.26. The van der Waals surface area contributed by atoms with E-state index >= 15 is 0 Å². The number of hydrogen-bond donors (Lipinski definition) is 2. The van der Waals surface area contributed by atoms with E-state index in [9.17, 15) is 19.3 Å². The normalized spacial score (nSPS) is 17.9. The van der Waals surface area contributed by atoms with E-state index in [1.807, 2.05) is 0 Å². The zero-order valence-corrected chi connectivity index (χ0v) is 10.9. The predicted molar refractivity (Wildman–Crippen MR) is 71.0 cm³/mol. The molecule has 0 radical (unpaired) electrons. The van der Waals surface area contributed by atoms with Crippen molar-refractivity contribution >= 4 is 11.6 Å². The average Bonchev–Trinajstić information content (AvgIpc) is 2.91. The Hall–Kier alpha value is -2.02. The molecule has 108 valence electrons. The molecule has 1 aromatic rings. The molecule has 1 aliphatic rings. The van der Waals surface area contributed by atoms with Gasteiger partial charge in [-0.3, -0.25) is 14.9 Å². The second kappa shape index (κ2) is 6.42. The monoisotopic (exact) mass is 281 g/mol. The highest BCUT2D eigenvalue weighted by atomic mass is 19.1. The zero-order chi connectivity index (χ0) is 14.5. The molecule has 1 fully saturated rings. The van der Waals surface area contributed by atoms with Gasteiger partial charge in [-0.25, -0.2) is 4.39 Å². The molecule has 0 aromatic heterocycles. The largest absolute Gasteiger partial charge is 0.352 e. The van der Waals surface area contributed by atoms with Gasteiger partial charge in [0.05, 0.1) is 11.0 Å². The SMILES string of the molecule is O=C(NCCC1CCNC1)c1cc(F)cc([N+](=O)[O-])c1. The summed E-state index contributed by atoms with van der Waals surface area (Å²) < 4.78 is 13.2. The maximum atomic E-state index is 13.2. The molecule has 1 unspecified atom stereocenters. The van der Waals surface area contributed by atoms with Crippen molar-refractivity contribution in [1.29, 1.82) is 0 Å². The Bertz CT molecular complexity index is 516. The Kier molecular flexibility index (Phi) is 4.62. The van der Waals surface area contributed by atoms with Gasteiger partial charge in [-0.05, 0) is 37.9 Å². The Morgan fingerprint density at radius 2 is 2.30 bits per heavy atom. The highest BCUT2D eigenvalue weighted by Crippen LogP contribution is 2.16. The van der Waals surface area contributed by atoms with Gasteiger partial charge in [0, 0.05) is 18.2 Å². The van der Waals surface area contributed by atoms with Gasteiger partial charge >= 0.3 is 0 Å². The highest BCUT2D eigenvalue weighted by molar-refractivity contribution is 5.94. The van der Waals surface area contributed by atoms with Gasteiger partial charge in [0.2, 0.25) is 0 Å². The van der Waals surface area contributed by atoms with Crippen molar-refractivity contribution in [3.63, 3.8) is 0 Å². The molecule has 2 N–H and O–H groups in total. The van der Waals surface area contributed by atoms with Crippen molar-refractivity contribution in [2.45, 2.75) is 12.8 Å². The first-order valence-electron chi connectivity index (χ1n) is 6.50. The number of hydrogen-bond acceptors (Lipinski definition) is 4. The fourth-order valence-electron chi connectivity index (χ4n) is 2.26. The number of carbonyl (C=O) groups is 1. The lowest BCUT2D eigenvalue weighted by Crippen LogP contribution is -2.26. The van der Waals surface area contributed by atoms with Gasteiger partial charge in [0.15, 0.2) is 0 Å². The van der Waals surface area contributed by atoms with E-state index in [1.165, 1.54) is 0 Å². The van der Waals surface area contributed by atoms with E-state index in [0.717, 1.165) is 44.1 Å². The lowest BCUT2D eigenvalue weighted by molar-refractivity contribution is -0.385. The quantitative estimate of drug-likeness (QED) is 0.632. The van der Waals surface area contributed by atoms with Crippen molar-refractivity contribution in [1.82, 2.24) is 10.6 Å². The summed E-state index contributed by atoms with van der Waals surface area (Å²) in [6.45, 7) is 2.42. The van der Waals surface area contributed by atoms with Crippen LogP contribution in [0.4, 0.5) is 10.1 Å². The number of rotatable bonds is 5. The van der Waals surface area contributed by atoms with Crippen LogP contribution in [-0.2, 0) is 0 Å². The highest BCUT2D eigenvalue weighted by Gasteiger charge is 2.16. The molecule has 6 nitrogen and oxygen atoms in total. The molecule has 1 saturated heterocycles. The lowest BCUT2D eigenvalue weighted by Gasteiger charge is -2.09. The van der Waals surface area contributed by atoms with Crippen LogP contribution >= 0.6 is 0 Å². The summed E-state index contributed by atoms with van der Waals surface area (Å²) >= 11 is 0. The summed E-state index contributed by atoms with van der Waals surface area (Å²) in [6.07, 6.45) is 1.93. The first kappa shape index (κ1) is 14.4. The number of benzene rings is 1. The number of carbonyl (C=O) groups excluding carboxylic acids is 1. The van der Waals surface area contributed by atoms with Gasteiger partial charge in [0.1, 0.15) is 5.82 Å². The van der Waals surface area contributed by atoms with Crippen molar-refractivity contribution in [2.24, 2.45) is 5.92 Å². The third-order valence-corrected chi connectivity index (χ3v) is 3.36. The van der Waals surface area contributed by atoms with Crippen LogP contribution in [0.3, 0.4) is 0 Å². The smallest absolute Gasteiger partial charge is 0.273 e. The molecule has 1 atom stereocenters. The number of nitrogens with one attached hydrogen (secondary N) is 2. The van der Waals surface area contributed by atoms with Crippen LogP contribution in [0.25, 0.3) is 0 Å². The fraction of sp³-hybridized carbons (Fsp3) is 0.462. The number of nitro benzene ring substituents is 1. The summed E-state index contributed by atoms with van der Waals surface area (Å²) in [5, 5.41) is 16.5. The molecule has 0 aliphatic carbocycles. The molecule has 1 aromatic carbocycles. The van der Waals surface area contributed by atoms with Crippen LogP contribution in [0.2, 0.25) is 0 Å². The summed E-state index contributed by atoms with van der Waals surface area (Å²) in [7, 11) is 0. The maximum absolute atomic E-state index is 13.2. The molecular weight excluding hydrogens is 265 g/mol. The average molecular weight is 281 g/mol. The van der Waals surface area contributed by atoms with E-state index < -0.39 is 22.3 Å². The minimum atomic E-state index is -0.788. The van der Waals surface area contributed by atoms with Crippen LogP contribution in [0.1, 0.15) is 23.2 Å². The van der Waals surface area contributed by atoms with Crippen LogP contribution in [0, 0.1) is 21.8 Å². The Labute approximate surface area is 115 Å². The summed E-state index contributed by atoms with van der Waals surface area (Å²) in [6, 6.07) is 2.87. The number of nitrogens with zero attached hydrogens (tertiary/aromatic N) is 1. The second-order valence-electron chi connectivity index (χ2n) is 4.86. The minimum Gasteiger partial charge on any atom is -0.352 e. The van der Waals surface area contributed by atoms with Crippen molar-refractivity contribution < 1.29 is 14.1 Å². The van der Waals surface area contributed by atoms with Crippen LogP contribution < -0.4 is 10.6 Å². The number of nitro groups is 1. The second-order valence-corrected chi connectivity index (χ2v) is 4.86. The molecule has 0 spiro atoms. The standard InChI is InChI=1S/C13H16FN3O3/c14-11-5-10(6-12(7-11)17(19)20)13(18)16-4-2-9-1-3-15-8-9/h5-7,9,15H,1-4,8H2,(H,16,18).